The summed E-state index contributed by atoms with van der Waals surface area (Å²) in [5.41, 5.74) is 2.47. The molecule has 0 saturated carbocycles. The van der Waals surface area contributed by atoms with E-state index in [4.69, 9.17) is 19.3 Å². The number of hydrogen-bond acceptors (Lipinski definition) is 8. The third kappa shape index (κ3) is 16.9. The van der Waals surface area contributed by atoms with Gasteiger partial charge in [-0.3, -0.25) is 19.5 Å². The standard InChI is InChI=1S/C29H49N5O7/c1-34-14-3-2-8-26(34)25-21-24(22-30-23-25)7-4-11-31-27(35)9-10-28(36)32-12-5-15-39-17-19-41-20-18-40-16-6-13-33-29(37)38/h21-23,26,33H,2-20H2,1H3,(H,31,35)(H,32,36)(H,37,38)/t26-/m0/s1. The topological polar surface area (TPSA) is 151 Å². The molecule has 232 valence electrons. The lowest BCUT2D eigenvalue weighted by atomic mass is 9.95. The first-order valence-electron chi connectivity index (χ1n) is 14.8. The Bertz CT molecular complexity index is 889. The Morgan fingerprint density at radius 2 is 1.44 bits per heavy atom. The number of nitrogens with zero attached hydrogens (tertiary/aromatic N) is 2. The number of piperidine rings is 1. The van der Waals surface area contributed by atoms with E-state index < -0.39 is 6.09 Å². The summed E-state index contributed by atoms with van der Waals surface area (Å²) in [6.45, 7) is 5.35. The van der Waals surface area contributed by atoms with Crippen molar-refractivity contribution in [3.63, 3.8) is 0 Å². The maximum absolute atomic E-state index is 12.1. The van der Waals surface area contributed by atoms with Gasteiger partial charge in [-0.05, 0) is 63.2 Å². The van der Waals surface area contributed by atoms with Crippen LogP contribution >= 0.6 is 0 Å². The highest BCUT2D eigenvalue weighted by Crippen LogP contribution is 2.29. The van der Waals surface area contributed by atoms with Gasteiger partial charge in [0.05, 0.1) is 26.4 Å². The van der Waals surface area contributed by atoms with Crippen molar-refractivity contribution in [1.29, 1.82) is 0 Å². The highest BCUT2D eigenvalue weighted by atomic mass is 16.5. The second-order valence-corrected chi connectivity index (χ2v) is 10.2. The number of carbonyl (C=O) groups is 3. The van der Waals surface area contributed by atoms with Gasteiger partial charge in [-0.2, -0.15) is 0 Å². The number of nitrogens with one attached hydrogen (secondary N) is 3. The van der Waals surface area contributed by atoms with E-state index in [1.807, 2.05) is 12.4 Å². The first-order chi connectivity index (χ1) is 20.0. The van der Waals surface area contributed by atoms with E-state index in [2.05, 4.69) is 38.9 Å². The Kier molecular flexibility index (Phi) is 18.4. The summed E-state index contributed by atoms with van der Waals surface area (Å²) in [6, 6.07) is 2.69. The first kappa shape index (κ1) is 34.4. The van der Waals surface area contributed by atoms with E-state index in [9.17, 15) is 14.4 Å². The lowest BCUT2D eigenvalue weighted by molar-refractivity contribution is -0.126. The number of carbonyl (C=O) groups excluding carboxylic acids is 2. The van der Waals surface area contributed by atoms with Gasteiger partial charge < -0.3 is 35.3 Å². The van der Waals surface area contributed by atoms with E-state index in [1.54, 1.807) is 0 Å². The minimum atomic E-state index is -1.03. The number of ether oxygens (including phenoxy) is 3. The third-order valence-corrected chi connectivity index (χ3v) is 6.79. The molecule has 1 aromatic heterocycles. The zero-order chi connectivity index (χ0) is 29.5. The van der Waals surface area contributed by atoms with Gasteiger partial charge >= 0.3 is 6.09 Å². The average Bonchev–Trinajstić information content (AvgIpc) is 2.96. The quantitative estimate of drug-likeness (QED) is 0.152. The van der Waals surface area contributed by atoms with E-state index in [-0.39, 0.29) is 24.7 Å². The summed E-state index contributed by atoms with van der Waals surface area (Å²) in [5.74, 6) is -0.252. The molecule has 41 heavy (non-hydrogen) atoms. The van der Waals surface area contributed by atoms with Crippen molar-refractivity contribution in [3.05, 3.63) is 29.6 Å². The van der Waals surface area contributed by atoms with Gasteiger partial charge in [0.15, 0.2) is 0 Å². The van der Waals surface area contributed by atoms with Gasteiger partial charge in [0, 0.05) is 64.1 Å². The molecule has 0 spiro atoms. The summed E-state index contributed by atoms with van der Waals surface area (Å²) in [6.07, 6.45) is 9.86. The number of pyridine rings is 1. The van der Waals surface area contributed by atoms with Crippen molar-refractivity contribution in [1.82, 2.24) is 25.8 Å². The van der Waals surface area contributed by atoms with Crippen LogP contribution in [0.4, 0.5) is 4.79 Å². The summed E-state index contributed by atoms with van der Waals surface area (Å²) in [7, 11) is 2.18. The minimum absolute atomic E-state index is 0.111. The number of aryl methyl sites for hydroxylation is 1. The van der Waals surface area contributed by atoms with Crippen molar-refractivity contribution in [2.75, 3.05) is 72.9 Å². The zero-order valence-electron chi connectivity index (χ0n) is 24.5. The molecule has 12 heteroatoms. The van der Waals surface area contributed by atoms with Crippen LogP contribution in [0.5, 0.6) is 0 Å². The van der Waals surface area contributed by atoms with Gasteiger partial charge in [0.25, 0.3) is 0 Å². The van der Waals surface area contributed by atoms with Crippen LogP contribution in [-0.2, 0) is 30.2 Å². The molecule has 0 aromatic carbocycles. The molecule has 1 aromatic rings. The number of aromatic nitrogens is 1. The van der Waals surface area contributed by atoms with Crippen molar-refractivity contribution in [2.45, 2.75) is 63.8 Å². The van der Waals surface area contributed by atoms with Crippen LogP contribution in [0.1, 0.15) is 68.5 Å². The molecule has 2 rings (SSSR count). The zero-order valence-corrected chi connectivity index (χ0v) is 24.5. The van der Waals surface area contributed by atoms with Gasteiger partial charge in [-0.25, -0.2) is 4.79 Å². The molecule has 1 fully saturated rings. The van der Waals surface area contributed by atoms with Gasteiger partial charge in [0.2, 0.25) is 11.8 Å². The highest BCUT2D eigenvalue weighted by Gasteiger charge is 2.21. The summed E-state index contributed by atoms with van der Waals surface area (Å²) in [4.78, 5) is 41.2. The lowest BCUT2D eigenvalue weighted by Gasteiger charge is -2.32. The predicted octanol–water partition coefficient (Wildman–Crippen LogP) is 2.28. The van der Waals surface area contributed by atoms with E-state index in [1.165, 1.54) is 30.4 Å². The predicted molar refractivity (Wildman–Crippen MR) is 155 cm³/mol. The van der Waals surface area contributed by atoms with Crippen molar-refractivity contribution < 1.29 is 33.7 Å². The average molecular weight is 580 g/mol. The van der Waals surface area contributed by atoms with Gasteiger partial charge in [-0.1, -0.05) is 12.5 Å². The van der Waals surface area contributed by atoms with Crippen LogP contribution in [0.25, 0.3) is 0 Å². The van der Waals surface area contributed by atoms with Crippen LogP contribution in [0.3, 0.4) is 0 Å². The molecule has 0 unspecified atom stereocenters. The van der Waals surface area contributed by atoms with E-state index in [0.717, 1.165) is 19.4 Å². The largest absolute Gasteiger partial charge is 0.465 e. The molecule has 12 nitrogen and oxygen atoms in total. The monoisotopic (exact) mass is 579 g/mol. The Hall–Kier alpha value is -2.80. The molecule has 1 aliphatic rings. The van der Waals surface area contributed by atoms with Crippen LogP contribution in [0, 0.1) is 0 Å². The van der Waals surface area contributed by atoms with Crippen molar-refractivity contribution >= 4 is 17.9 Å². The lowest BCUT2D eigenvalue weighted by Crippen LogP contribution is -2.29. The summed E-state index contributed by atoms with van der Waals surface area (Å²) < 4.78 is 16.2. The molecular weight excluding hydrogens is 530 g/mol. The fourth-order valence-corrected chi connectivity index (χ4v) is 4.56. The molecule has 0 aliphatic carbocycles. The number of amides is 3. The SMILES string of the molecule is CN1CCCC[C@H]1c1cncc(CCCNC(=O)CCC(=O)NCCCOCCOCCOCCCNC(=O)O)c1. The van der Waals surface area contributed by atoms with Gasteiger partial charge in [0.1, 0.15) is 0 Å². The van der Waals surface area contributed by atoms with Crippen molar-refractivity contribution in [3.8, 4) is 0 Å². The first-order valence-corrected chi connectivity index (χ1v) is 14.8. The van der Waals surface area contributed by atoms with Crippen LogP contribution in [0.15, 0.2) is 18.5 Å². The van der Waals surface area contributed by atoms with E-state index in [0.29, 0.717) is 78.2 Å². The molecular formula is C29H49N5O7. The molecule has 1 aliphatic heterocycles. The maximum Gasteiger partial charge on any atom is 0.404 e. The van der Waals surface area contributed by atoms with Crippen LogP contribution in [-0.4, -0.2) is 106 Å². The van der Waals surface area contributed by atoms with E-state index >= 15 is 0 Å². The fraction of sp³-hybridized carbons (Fsp3) is 0.724. The number of likely N-dealkylation sites (tertiary alicyclic amines) is 1. The minimum Gasteiger partial charge on any atom is -0.465 e. The number of carboxylic acid groups (broad SMARTS) is 1. The van der Waals surface area contributed by atoms with Crippen molar-refractivity contribution in [2.24, 2.45) is 0 Å². The number of hydrogen-bond donors (Lipinski definition) is 4. The Morgan fingerprint density at radius 3 is 2.05 bits per heavy atom. The molecule has 0 bridgehead atoms. The third-order valence-electron chi connectivity index (χ3n) is 6.79. The molecule has 1 atom stereocenters. The van der Waals surface area contributed by atoms with Crippen LogP contribution < -0.4 is 16.0 Å². The molecule has 3 amide bonds. The smallest absolute Gasteiger partial charge is 0.404 e. The Labute approximate surface area is 243 Å². The molecule has 0 radical (unpaired) electrons. The molecule has 1 saturated heterocycles. The Morgan fingerprint density at radius 1 is 0.854 bits per heavy atom. The fourth-order valence-electron chi connectivity index (χ4n) is 4.56. The normalized spacial score (nSPS) is 15.4. The Balaban J connectivity index is 1.37. The number of rotatable bonds is 22. The molecule has 2 heterocycles. The molecule has 4 N–H and O–H groups in total. The second kappa shape index (κ2) is 21.9. The highest BCUT2D eigenvalue weighted by molar-refractivity contribution is 5.83. The summed E-state index contributed by atoms with van der Waals surface area (Å²) in [5, 5.41) is 16.4. The maximum atomic E-state index is 12.1. The second-order valence-electron chi connectivity index (χ2n) is 10.2. The summed E-state index contributed by atoms with van der Waals surface area (Å²) >= 11 is 0. The van der Waals surface area contributed by atoms with Gasteiger partial charge in [-0.15, -0.1) is 0 Å². The van der Waals surface area contributed by atoms with Crippen LogP contribution in [0.2, 0.25) is 0 Å².